The summed E-state index contributed by atoms with van der Waals surface area (Å²) in [5.41, 5.74) is 6.17. The summed E-state index contributed by atoms with van der Waals surface area (Å²) in [6.07, 6.45) is 4.59. The van der Waals surface area contributed by atoms with E-state index in [0.717, 1.165) is 12.8 Å². The van der Waals surface area contributed by atoms with Crippen molar-refractivity contribution in [3.8, 4) is 22.9 Å². The highest BCUT2D eigenvalue weighted by atomic mass is 35.5. The smallest absolute Gasteiger partial charge is 0.240 e. The average Bonchev–Trinajstić information content (AvgIpc) is 3.19. The van der Waals surface area contributed by atoms with E-state index in [9.17, 15) is 0 Å². The molecule has 118 valence electrons. The molecule has 1 saturated carbocycles. The summed E-state index contributed by atoms with van der Waals surface area (Å²) in [5.74, 6) is 1.92. The Bertz CT molecular complexity index is 653. The lowest BCUT2D eigenvalue weighted by Crippen LogP contribution is -2.12. The first-order chi connectivity index (χ1) is 10.7. The molecule has 1 heterocycles. The first-order valence-corrected chi connectivity index (χ1v) is 7.66. The molecule has 1 aliphatic rings. The van der Waals surface area contributed by atoms with Crippen LogP contribution in [0.1, 0.15) is 31.6 Å². The number of hydrogen-bond donors (Lipinski definition) is 1. The summed E-state index contributed by atoms with van der Waals surface area (Å²) in [4.78, 5) is 4.25. The van der Waals surface area contributed by atoms with E-state index in [1.807, 2.05) is 0 Å². The van der Waals surface area contributed by atoms with Gasteiger partial charge in [-0.3, -0.25) is 0 Å². The summed E-state index contributed by atoms with van der Waals surface area (Å²) in [7, 11) is 1.58. The van der Waals surface area contributed by atoms with Crippen LogP contribution in [0.15, 0.2) is 16.7 Å². The van der Waals surface area contributed by atoms with E-state index in [4.69, 9.17) is 31.3 Å². The predicted molar refractivity (Wildman–Crippen MR) is 82.1 cm³/mol. The summed E-state index contributed by atoms with van der Waals surface area (Å²) >= 11 is 6.16. The van der Waals surface area contributed by atoms with E-state index in [1.165, 1.54) is 12.8 Å². The number of aromatic nitrogens is 2. The van der Waals surface area contributed by atoms with E-state index < -0.39 is 0 Å². The van der Waals surface area contributed by atoms with Crippen molar-refractivity contribution in [3.63, 3.8) is 0 Å². The quantitative estimate of drug-likeness (QED) is 0.909. The van der Waals surface area contributed by atoms with Gasteiger partial charge in [0.25, 0.3) is 0 Å². The molecule has 0 amide bonds. The highest BCUT2D eigenvalue weighted by Gasteiger charge is 2.24. The summed E-state index contributed by atoms with van der Waals surface area (Å²) < 4.78 is 16.6. The first kappa shape index (κ1) is 15.1. The molecular formula is C15H18ClN3O3. The van der Waals surface area contributed by atoms with Crippen molar-refractivity contribution >= 4 is 11.6 Å². The van der Waals surface area contributed by atoms with Gasteiger partial charge >= 0.3 is 0 Å². The highest BCUT2D eigenvalue weighted by molar-refractivity contribution is 6.31. The number of methoxy groups -OCH3 is 1. The number of nitrogens with two attached hydrogens (primary N) is 1. The third kappa shape index (κ3) is 3.03. The zero-order valence-corrected chi connectivity index (χ0v) is 13.1. The Morgan fingerprint density at radius 3 is 2.77 bits per heavy atom. The summed E-state index contributed by atoms with van der Waals surface area (Å²) in [6, 6.07) is 3.47. The Morgan fingerprint density at radius 2 is 2.14 bits per heavy atom. The SMILES string of the molecule is COc1cc(Cl)cc(-c2noc(CN)n2)c1OC1CCCC1. The lowest BCUT2D eigenvalue weighted by molar-refractivity contribution is 0.201. The average molecular weight is 324 g/mol. The molecule has 0 radical (unpaired) electrons. The number of nitrogens with zero attached hydrogens (tertiary/aromatic N) is 2. The fourth-order valence-corrected chi connectivity index (χ4v) is 2.84. The standard InChI is InChI=1S/C15H18ClN3O3/c1-20-12-7-9(16)6-11(15-18-13(8-17)22-19-15)14(12)21-10-4-2-3-5-10/h6-7,10H,2-5,8,17H2,1H3. The Hall–Kier alpha value is -1.79. The second kappa shape index (κ2) is 6.54. The van der Waals surface area contributed by atoms with Crippen LogP contribution in [0.2, 0.25) is 5.02 Å². The normalized spacial score (nSPS) is 15.2. The molecule has 1 fully saturated rings. The molecule has 1 aromatic heterocycles. The van der Waals surface area contributed by atoms with Crippen LogP contribution in [0.3, 0.4) is 0 Å². The molecule has 1 aromatic carbocycles. The largest absolute Gasteiger partial charge is 0.493 e. The summed E-state index contributed by atoms with van der Waals surface area (Å²) in [6.45, 7) is 0.184. The molecule has 0 atom stereocenters. The third-order valence-corrected chi connectivity index (χ3v) is 3.93. The molecule has 2 aromatic rings. The van der Waals surface area contributed by atoms with Gasteiger partial charge in [0.05, 0.1) is 25.3 Å². The minimum atomic E-state index is 0.176. The number of rotatable bonds is 5. The van der Waals surface area contributed by atoms with Crippen LogP contribution >= 0.6 is 11.6 Å². The lowest BCUT2D eigenvalue weighted by Gasteiger charge is -2.18. The highest BCUT2D eigenvalue weighted by Crippen LogP contribution is 2.41. The van der Waals surface area contributed by atoms with Crippen LogP contribution in [-0.2, 0) is 6.54 Å². The van der Waals surface area contributed by atoms with Crippen LogP contribution in [-0.4, -0.2) is 23.4 Å². The van der Waals surface area contributed by atoms with Gasteiger partial charge in [0.1, 0.15) is 0 Å². The Kier molecular flexibility index (Phi) is 4.49. The number of benzene rings is 1. The fourth-order valence-electron chi connectivity index (χ4n) is 2.63. The zero-order chi connectivity index (χ0) is 15.5. The molecule has 3 rings (SSSR count). The van der Waals surface area contributed by atoms with Gasteiger partial charge in [-0.1, -0.05) is 16.8 Å². The zero-order valence-electron chi connectivity index (χ0n) is 12.3. The topological polar surface area (TPSA) is 83.4 Å². The predicted octanol–water partition coefficient (Wildman–Crippen LogP) is 3.18. The van der Waals surface area contributed by atoms with E-state index >= 15 is 0 Å². The monoisotopic (exact) mass is 323 g/mol. The van der Waals surface area contributed by atoms with Gasteiger partial charge in [0.15, 0.2) is 11.5 Å². The molecule has 7 heteroatoms. The van der Waals surface area contributed by atoms with Crippen molar-refractivity contribution in [2.75, 3.05) is 7.11 Å². The van der Waals surface area contributed by atoms with Gasteiger partial charge in [0.2, 0.25) is 11.7 Å². The number of ether oxygens (including phenoxy) is 2. The Labute approximate surface area is 133 Å². The molecule has 0 unspecified atom stereocenters. The third-order valence-electron chi connectivity index (χ3n) is 3.71. The van der Waals surface area contributed by atoms with E-state index in [2.05, 4.69) is 10.1 Å². The maximum absolute atomic E-state index is 6.16. The molecule has 1 aliphatic carbocycles. The molecule has 22 heavy (non-hydrogen) atoms. The van der Waals surface area contributed by atoms with Gasteiger partial charge in [0, 0.05) is 11.1 Å². The van der Waals surface area contributed by atoms with Crippen LogP contribution in [0.4, 0.5) is 0 Å². The molecule has 0 aliphatic heterocycles. The minimum absolute atomic E-state index is 0.176. The molecular weight excluding hydrogens is 306 g/mol. The van der Waals surface area contributed by atoms with Crippen LogP contribution < -0.4 is 15.2 Å². The molecule has 0 bridgehead atoms. The molecule has 0 saturated heterocycles. The van der Waals surface area contributed by atoms with Gasteiger partial charge in [-0.2, -0.15) is 4.98 Å². The lowest BCUT2D eigenvalue weighted by atomic mass is 10.1. The fraction of sp³-hybridized carbons (Fsp3) is 0.467. The van der Waals surface area contributed by atoms with E-state index in [1.54, 1.807) is 19.2 Å². The molecule has 6 nitrogen and oxygen atoms in total. The van der Waals surface area contributed by atoms with Crippen LogP contribution in [0.25, 0.3) is 11.4 Å². The van der Waals surface area contributed by atoms with Gasteiger partial charge < -0.3 is 19.7 Å². The molecule has 0 spiro atoms. The first-order valence-electron chi connectivity index (χ1n) is 7.28. The van der Waals surface area contributed by atoms with Crippen molar-refractivity contribution in [1.82, 2.24) is 10.1 Å². The maximum Gasteiger partial charge on any atom is 0.240 e. The maximum atomic E-state index is 6.16. The van der Waals surface area contributed by atoms with Crippen molar-refractivity contribution in [2.45, 2.75) is 38.3 Å². The van der Waals surface area contributed by atoms with Crippen LogP contribution in [0, 0.1) is 0 Å². The van der Waals surface area contributed by atoms with Crippen molar-refractivity contribution in [3.05, 3.63) is 23.0 Å². The second-order valence-electron chi connectivity index (χ2n) is 5.22. The number of hydrogen-bond acceptors (Lipinski definition) is 6. The van der Waals surface area contributed by atoms with Crippen LogP contribution in [0.5, 0.6) is 11.5 Å². The minimum Gasteiger partial charge on any atom is -0.493 e. The summed E-state index contributed by atoms with van der Waals surface area (Å²) in [5, 5.41) is 4.47. The van der Waals surface area contributed by atoms with Crippen molar-refractivity contribution in [1.29, 1.82) is 0 Å². The van der Waals surface area contributed by atoms with Crippen molar-refractivity contribution in [2.24, 2.45) is 5.73 Å². The van der Waals surface area contributed by atoms with Gasteiger partial charge in [-0.05, 0) is 31.7 Å². The van der Waals surface area contributed by atoms with E-state index in [0.29, 0.717) is 33.8 Å². The second-order valence-corrected chi connectivity index (χ2v) is 5.66. The van der Waals surface area contributed by atoms with Crippen molar-refractivity contribution < 1.29 is 14.0 Å². The number of halogens is 1. The van der Waals surface area contributed by atoms with E-state index in [-0.39, 0.29) is 12.6 Å². The van der Waals surface area contributed by atoms with Gasteiger partial charge in [-0.15, -0.1) is 0 Å². The molecule has 2 N–H and O–H groups in total. The Morgan fingerprint density at radius 1 is 1.36 bits per heavy atom. The Balaban J connectivity index is 2.03. The van der Waals surface area contributed by atoms with Gasteiger partial charge in [-0.25, -0.2) is 0 Å².